The normalized spacial score (nSPS) is 11.2. The summed E-state index contributed by atoms with van der Waals surface area (Å²) in [6, 6.07) is 4.40. The Balaban J connectivity index is 2.99. The number of phenols is 1. The number of nitrogens with one attached hydrogen (secondary N) is 1. The van der Waals surface area contributed by atoms with Crippen LogP contribution in [-0.2, 0) is 19.4 Å². The van der Waals surface area contributed by atoms with Crippen molar-refractivity contribution in [2.45, 2.75) is 58.9 Å². The van der Waals surface area contributed by atoms with Crippen LogP contribution in [0.3, 0.4) is 0 Å². The Hall–Kier alpha value is -1.02. The smallest absolute Gasteiger partial charge is 0.121 e. The first-order chi connectivity index (χ1) is 9.08. The fraction of sp³-hybridized carbons (Fsp3) is 0.647. The van der Waals surface area contributed by atoms with E-state index in [-0.39, 0.29) is 0 Å². The van der Waals surface area contributed by atoms with Crippen LogP contribution < -0.4 is 4.90 Å². The van der Waals surface area contributed by atoms with Gasteiger partial charge in [0.25, 0.3) is 0 Å². The van der Waals surface area contributed by atoms with Crippen molar-refractivity contribution in [3.8, 4) is 5.75 Å². The lowest BCUT2D eigenvalue weighted by atomic mass is 9.97. The molecule has 2 heteroatoms. The van der Waals surface area contributed by atoms with Crippen LogP contribution in [0.4, 0.5) is 0 Å². The minimum Gasteiger partial charge on any atom is -0.507 e. The van der Waals surface area contributed by atoms with Crippen LogP contribution in [0.2, 0.25) is 0 Å². The minimum absolute atomic E-state index is 0.555. The Morgan fingerprint density at radius 2 is 1.42 bits per heavy atom. The van der Waals surface area contributed by atoms with E-state index in [4.69, 9.17) is 0 Å². The quantitative estimate of drug-likeness (QED) is 0.741. The van der Waals surface area contributed by atoms with Gasteiger partial charge in [-0.2, -0.15) is 0 Å². The van der Waals surface area contributed by atoms with Crippen LogP contribution in [-0.4, -0.2) is 19.2 Å². The molecule has 0 spiro atoms. The number of benzene rings is 1. The lowest BCUT2D eigenvalue weighted by molar-refractivity contribution is -0.872. The van der Waals surface area contributed by atoms with Crippen LogP contribution in [0.25, 0.3) is 0 Å². The van der Waals surface area contributed by atoms with Crippen LogP contribution in [0.1, 0.15) is 56.2 Å². The van der Waals surface area contributed by atoms with Gasteiger partial charge in [0.2, 0.25) is 0 Å². The number of aryl methyl sites for hydroxylation is 2. The lowest BCUT2D eigenvalue weighted by Gasteiger charge is -2.14. The molecule has 2 N–H and O–H groups in total. The predicted molar refractivity (Wildman–Crippen MR) is 81.8 cm³/mol. The van der Waals surface area contributed by atoms with E-state index in [9.17, 15) is 5.11 Å². The van der Waals surface area contributed by atoms with Crippen molar-refractivity contribution in [2.75, 3.05) is 14.1 Å². The Morgan fingerprint density at radius 3 is 1.79 bits per heavy atom. The van der Waals surface area contributed by atoms with Crippen LogP contribution in [0, 0.1) is 0 Å². The standard InChI is InChI=1S/C17H29NO/c1-5-7-9-15-11-14(13-18(3)4)12-16(17(15)19)10-8-6-2/h11-12,19H,5-10,13H2,1-4H3/p+1. The fourth-order valence-electron chi connectivity index (χ4n) is 2.46. The zero-order chi connectivity index (χ0) is 14.3. The molecule has 0 saturated carbocycles. The van der Waals surface area contributed by atoms with Crippen LogP contribution >= 0.6 is 0 Å². The van der Waals surface area contributed by atoms with E-state index < -0.39 is 0 Å². The molecule has 108 valence electrons. The average Bonchev–Trinajstić information content (AvgIpc) is 2.36. The second-order valence-corrected chi connectivity index (χ2v) is 5.85. The third-order valence-corrected chi connectivity index (χ3v) is 3.48. The van der Waals surface area contributed by atoms with Crippen molar-refractivity contribution in [3.05, 3.63) is 28.8 Å². The molecule has 0 fully saturated rings. The highest BCUT2D eigenvalue weighted by atomic mass is 16.3. The number of hydrogen-bond donors (Lipinski definition) is 2. The highest BCUT2D eigenvalue weighted by molar-refractivity contribution is 5.44. The van der Waals surface area contributed by atoms with E-state index in [0.29, 0.717) is 5.75 Å². The highest BCUT2D eigenvalue weighted by Crippen LogP contribution is 2.27. The van der Waals surface area contributed by atoms with E-state index >= 15 is 0 Å². The molecule has 0 bridgehead atoms. The average molecular weight is 264 g/mol. The zero-order valence-electron chi connectivity index (χ0n) is 13.1. The Bertz CT molecular complexity index is 356. The molecule has 0 amide bonds. The summed E-state index contributed by atoms with van der Waals surface area (Å²) in [5.41, 5.74) is 3.65. The second-order valence-electron chi connectivity index (χ2n) is 5.85. The van der Waals surface area contributed by atoms with Crippen molar-refractivity contribution >= 4 is 0 Å². The summed E-state index contributed by atoms with van der Waals surface area (Å²) in [4.78, 5) is 1.42. The molecule has 0 atom stereocenters. The van der Waals surface area contributed by atoms with Gasteiger partial charge in [0.1, 0.15) is 12.3 Å². The molecule has 1 aromatic carbocycles. The molecule has 0 aliphatic rings. The van der Waals surface area contributed by atoms with Crippen LogP contribution in [0.15, 0.2) is 12.1 Å². The van der Waals surface area contributed by atoms with Crippen molar-refractivity contribution in [1.29, 1.82) is 0 Å². The molecule has 0 heterocycles. The first-order valence-corrected chi connectivity index (χ1v) is 7.71. The third kappa shape index (κ3) is 5.23. The third-order valence-electron chi connectivity index (χ3n) is 3.48. The number of aromatic hydroxyl groups is 1. The summed E-state index contributed by atoms with van der Waals surface area (Å²) in [6.45, 7) is 5.42. The van der Waals surface area contributed by atoms with Gasteiger partial charge in [-0.25, -0.2) is 0 Å². The maximum atomic E-state index is 10.4. The van der Waals surface area contributed by atoms with E-state index in [1.54, 1.807) is 0 Å². The van der Waals surface area contributed by atoms with Crippen molar-refractivity contribution in [3.63, 3.8) is 0 Å². The van der Waals surface area contributed by atoms with E-state index in [2.05, 4.69) is 40.1 Å². The predicted octanol–water partition coefficient (Wildman–Crippen LogP) is 2.72. The van der Waals surface area contributed by atoms with E-state index in [0.717, 1.165) is 43.4 Å². The molecule has 0 aliphatic heterocycles. The molecule has 0 unspecified atom stereocenters. The Morgan fingerprint density at radius 1 is 0.947 bits per heavy atom. The van der Waals surface area contributed by atoms with Gasteiger partial charge in [0.05, 0.1) is 14.1 Å². The summed E-state index contributed by atoms with van der Waals surface area (Å²) in [7, 11) is 4.34. The Kier molecular flexibility index (Phi) is 6.93. The van der Waals surface area contributed by atoms with Crippen LogP contribution in [0.5, 0.6) is 5.75 Å². The molecule has 0 aromatic heterocycles. The molecule has 19 heavy (non-hydrogen) atoms. The zero-order valence-corrected chi connectivity index (χ0v) is 13.1. The van der Waals surface area contributed by atoms with Gasteiger partial charge in [0.15, 0.2) is 0 Å². The monoisotopic (exact) mass is 264 g/mol. The largest absolute Gasteiger partial charge is 0.507 e. The lowest BCUT2D eigenvalue weighted by Crippen LogP contribution is -3.04. The van der Waals surface area contributed by atoms with E-state index in [1.165, 1.54) is 23.3 Å². The summed E-state index contributed by atoms with van der Waals surface area (Å²) in [5, 5.41) is 10.4. The Labute approximate surface area is 118 Å². The number of hydrogen-bond acceptors (Lipinski definition) is 1. The van der Waals surface area contributed by atoms with E-state index in [1.807, 2.05) is 0 Å². The highest BCUT2D eigenvalue weighted by Gasteiger charge is 2.11. The molecule has 1 aromatic rings. The van der Waals surface area contributed by atoms with Gasteiger partial charge >= 0.3 is 0 Å². The van der Waals surface area contributed by atoms with Gasteiger partial charge < -0.3 is 10.0 Å². The minimum atomic E-state index is 0.555. The maximum Gasteiger partial charge on any atom is 0.121 e. The van der Waals surface area contributed by atoms with Gasteiger partial charge in [0, 0.05) is 5.56 Å². The second kappa shape index (κ2) is 8.21. The van der Waals surface area contributed by atoms with Gasteiger partial charge in [-0.3, -0.25) is 0 Å². The fourth-order valence-corrected chi connectivity index (χ4v) is 2.46. The van der Waals surface area contributed by atoms with Gasteiger partial charge in [-0.05, 0) is 48.9 Å². The number of unbranched alkanes of at least 4 members (excludes halogenated alkanes) is 2. The molecular formula is C17H30NO+. The summed E-state index contributed by atoms with van der Waals surface area (Å²) in [6.07, 6.45) is 6.65. The number of rotatable bonds is 8. The summed E-state index contributed by atoms with van der Waals surface area (Å²) < 4.78 is 0. The summed E-state index contributed by atoms with van der Waals surface area (Å²) in [5.74, 6) is 0.555. The van der Waals surface area contributed by atoms with Crippen molar-refractivity contribution in [2.24, 2.45) is 0 Å². The topological polar surface area (TPSA) is 24.7 Å². The van der Waals surface area contributed by atoms with Gasteiger partial charge in [-0.1, -0.05) is 26.7 Å². The molecular weight excluding hydrogens is 234 g/mol. The summed E-state index contributed by atoms with van der Waals surface area (Å²) >= 11 is 0. The molecule has 0 radical (unpaired) electrons. The van der Waals surface area contributed by atoms with Gasteiger partial charge in [-0.15, -0.1) is 0 Å². The SMILES string of the molecule is CCCCc1cc(C[NH+](C)C)cc(CCCC)c1O. The van der Waals surface area contributed by atoms with Crippen molar-refractivity contribution < 1.29 is 10.0 Å². The molecule has 0 saturated heterocycles. The maximum absolute atomic E-state index is 10.4. The van der Waals surface area contributed by atoms with Crippen molar-refractivity contribution in [1.82, 2.24) is 0 Å². The molecule has 1 rings (SSSR count). The first-order valence-electron chi connectivity index (χ1n) is 7.71. The molecule has 0 aliphatic carbocycles. The number of phenolic OH excluding ortho intramolecular Hbond substituents is 1. The molecule has 2 nitrogen and oxygen atoms in total. The first kappa shape index (κ1) is 16.0. The number of quaternary nitrogens is 1.